The van der Waals surface area contributed by atoms with E-state index < -0.39 is 0 Å². The molecule has 1 N–H and O–H groups in total. The van der Waals surface area contributed by atoms with Crippen molar-refractivity contribution in [2.45, 2.75) is 98.0 Å². The van der Waals surface area contributed by atoms with E-state index in [9.17, 15) is 14.7 Å². The van der Waals surface area contributed by atoms with Gasteiger partial charge in [-0.15, -0.1) is 0 Å². The summed E-state index contributed by atoms with van der Waals surface area (Å²) in [5.74, 6) is 3.08. The number of fused-ring (bicyclic) bond motifs is 5. The first-order valence-electron chi connectivity index (χ1n) is 12.6. The highest BCUT2D eigenvalue weighted by Crippen LogP contribution is 2.66. The van der Waals surface area contributed by atoms with Gasteiger partial charge in [-0.25, -0.2) is 0 Å². The Morgan fingerprint density at radius 2 is 1.90 bits per heavy atom. The molecule has 0 aromatic heterocycles. The Bertz CT molecular complexity index is 711. The molecule has 0 heterocycles. The van der Waals surface area contributed by atoms with E-state index in [1.807, 2.05) is 6.92 Å². The third kappa shape index (κ3) is 3.53. The molecule has 1 unspecified atom stereocenters. The molecular weight excluding hydrogens is 372 g/mol. The average Bonchev–Trinajstić information content (AvgIpc) is 2.98. The van der Waals surface area contributed by atoms with Gasteiger partial charge in [0.2, 0.25) is 0 Å². The Morgan fingerprint density at radius 3 is 2.63 bits per heavy atom. The van der Waals surface area contributed by atoms with Crippen LogP contribution in [0, 0.1) is 46.3 Å². The maximum atomic E-state index is 13.3. The van der Waals surface area contributed by atoms with Crippen LogP contribution >= 0.6 is 0 Å². The topological polar surface area (TPSA) is 54.4 Å². The van der Waals surface area contributed by atoms with E-state index in [1.165, 1.54) is 18.4 Å². The van der Waals surface area contributed by atoms with E-state index in [4.69, 9.17) is 0 Å². The molecule has 0 radical (unpaired) electrons. The molecular formula is C27H42O3. The van der Waals surface area contributed by atoms with Crippen LogP contribution in [0.5, 0.6) is 0 Å². The van der Waals surface area contributed by atoms with Crippen LogP contribution in [-0.4, -0.2) is 23.3 Å². The van der Waals surface area contributed by atoms with Gasteiger partial charge in [0.05, 0.1) is 6.10 Å². The first-order valence-corrected chi connectivity index (χ1v) is 12.6. The molecule has 4 aliphatic rings. The van der Waals surface area contributed by atoms with Gasteiger partial charge >= 0.3 is 0 Å². The van der Waals surface area contributed by atoms with Crippen LogP contribution in [-0.2, 0) is 9.59 Å². The normalized spacial score (nSPS) is 45.0. The van der Waals surface area contributed by atoms with E-state index in [2.05, 4.69) is 26.8 Å². The van der Waals surface area contributed by atoms with Crippen molar-refractivity contribution >= 4 is 12.1 Å². The van der Waals surface area contributed by atoms with Crippen molar-refractivity contribution in [2.75, 3.05) is 0 Å². The molecule has 3 nitrogen and oxygen atoms in total. The van der Waals surface area contributed by atoms with Crippen molar-refractivity contribution in [3.63, 3.8) is 0 Å². The Hall–Kier alpha value is -0.960. The number of hydrogen-bond donors (Lipinski definition) is 1. The maximum Gasteiger partial charge on any atom is 0.137 e. The number of carbonyl (C=O) groups is 2. The number of ketones is 1. The molecule has 0 spiro atoms. The minimum atomic E-state index is -0.157. The van der Waals surface area contributed by atoms with Crippen LogP contribution in [0.25, 0.3) is 0 Å². The summed E-state index contributed by atoms with van der Waals surface area (Å²) in [6.07, 6.45) is 13.6. The zero-order valence-electron chi connectivity index (χ0n) is 19.5. The van der Waals surface area contributed by atoms with E-state index >= 15 is 0 Å². The van der Waals surface area contributed by atoms with Gasteiger partial charge in [0.15, 0.2) is 0 Å². The number of rotatable bonds is 6. The van der Waals surface area contributed by atoms with E-state index in [1.54, 1.807) is 0 Å². The number of aldehydes is 1. The first kappa shape index (κ1) is 22.2. The predicted molar refractivity (Wildman–Crippen MR) is 120 cm³/mol. The Labute approximate surface area is 183 Å². The highest BCUT2D eigenvalue weighted by Gasteiger charge is 2.61. The molecule has 168 valence electrons. The largest absolute Gasteiger partial charge is 0.393 e. The number of hydrogen-bond acceptors (Lipinski definition) is 3. The second-order valence-corrected chi connectivity index (χ2v) is 11.9. The summed E-state index contributed by atoms with van der Waals surface area (Å²) in [5, 5.41) is 10.2. The first-order chi connectivity index (χ1) is 14.2. The molecule has 30 heavy (non-hydrogen) atoms. The molecule has 0 aromatic rings. The fourth-order valence-corrected chi connectivity index (χ4v) is 8.44. The van der Waals surface area contributed by atoms with Crippen LogP contribution in [0.15, 0.2) is 11.6 Å². The lowest BCUT2D eigenvalue weighted by molar-refractivity contribution is -0.124. The zero-order chi connectivity index (χ0) is 21.7. The number of carbonyl (C=O) groups excluding carboxylic acids is 2. The summed E-state index contributed by atoms with van der Waals surface area (Å²) in [7, 11) is 0. The van der Waals surface area contributed by atoms with Crippen molar-refractivity contribution in [1.82, 2.24) is 0 Å². The highest BCUT2D eigenvalue weighted by atomic mass is 16.3. The van der Waals surface area contributed by atoms with Crippen LogP contribution in [0.4, 0.5) is 0 Å². The van der Waals surface area contributed by atoms with Gasteiger partial charge in [0, 0.05) is 18.3 Å². The van der Waals surface area contributed by atoms with E-state index in [0.29, 0.717) is 29.5 Å². The Kier molecular flexibility index (Phi) is 6.07. The minimum absolute atomic E-state index is 0.133. The number of allylic oxidation sites excluding steroid dienone is 1. The molecule has 3 fully saturated rings. The number of Topliss-reactive ketones (excluding diaryl/α,β-unsaturated/α-hetero) is 1. The summed E-state index contributed by atoms with van der Waals surface area (Å²) in [6.45, 7) is 9.17. The summed E-state index contributed by atoms with van der Waals surface area (Å²) in [6, 6.07) is 0. The van der Waals surface area contributed by atoms with Crippen LogP contribution < -0.4 is 0 Å². The fourth-order valence-electron chi connectivity index (χ4n) is 8.44. The summed E-state index contributed by atoms with van der Waals surface area (Å²) in [5.41, 5.74) is 1.88. The van der Waals surface area contributed by atoms with Crippen molar-refractivity contribution < 1.29 is 14.7 Å². The third-order valence-electron chi connectivity index (χ3n) is 10.1. The third-order valence-corrected chi connectivity index (χ3v) is 10.1. The van der Waals surface area contributed by atoms with Crippen molar-refractivity contribution in [3.05, 3.63) is 11.6 Å². The lowest BCUT2D eigenvalue weighted by atomic mass is 9.47. The number of aliphatic hydroxyl groups is 1. The highest BCUT2D eigenvalue weighted by molar-refractivity contribution is 5.85. The van der Waals surface area contributed by atoms with Gasteiger partial charge < -0.3 is 9.90 Å². The van der Waals surface area contributed by atoms with Gasteiger partial charge in [-0.2, -0.15) is 0 Å². The van der Waals surface area contributed by atoms with Crippen molar-refractivity contribution in [3.8, 4) is 0 Å². The molecule has 3 heteroatoms. The summed E-state index contributed by atoms with van der Waals surface area (Å²) < 4.78 is 0. The van der Waals surface area contributed by atoms with Gasteiger partial charge in [0.25, 0.3) is 0 Å². The number of aliphatic hydroxyl groups excluding tert-OH is 1. The second-order valence-electron chi connectivity index (χ2n) is 11.9. The summed E-state index contributed by atoms with van der Waals surface area (Å²) in [4.78, 5) is 24.2. The van der Waals surface area contributed by atoms with Gasteiger partial charge in [-0.3, -0.25) is 4.79 Å². The maximum absolute atomic E-state index is 13.3. The zero-order valence-corrected chi connectivity index (χ0v) is 19.5. The fraction of sp³-hybridized carbons (Fsp3) is 0.852. The van der Waals surface area contributed by atoms with Crippen molar-refractivity contribution in [2.24, 2.45) is 46.3 Å². The molecule has 0 aromatic carbocycles. The molecule has 0 amide bonds. The van der Waals surface area contributed by atoms with Gasteiger partial charge in [-0.05, 0) is 85.9 Å². The molecule has 9 atom stereocenters. The van der Waals surface area contributed by atoms with Gasteiger partial charge in [-0.1, -0.05) is 45.8 Å². The van der Waals surface area contributed by atoms with E-state index in [0.717, 1.165) is 57.7 Å². The standard InChI is InChI=1S/C27H42O3/c1-17(16-28)6-5-7-18(2)25-24(30)15-23-21-9-8-19-14-20(29)10-12-26(19,3)22(21)11-13-27(23,25)4/h8,16-18,20-23,25,29H,5-7,9-15H2,1-4H3/t17?,18-,20+,21-,22+,23+,25+,26+,27+/m1/s1. The lowest BCUT2D eigenvalue weighted by Crippen LogP contribution is -2.51. The lowest BCUT2D eigenvalue weighted by Gasteiger charge is -2.58. The second kappa shape index (κ2) is 8.19. The Balaban J connectivity index is 1.51. The molecule has 0 aliphatic heterocycles. The molecule has 4 aliphatic carbocycles. The minimum Gasteiger partial charge on any atom is -0.393 e. The molecule has 3 saturated carbocycles. The quantitative estimate of drug-likeness (QED) is 0.445. The SMILES string of the molecule is CC(C=O)CCC[C@@H](C)[C@H]1C(=O)C[C@H]2[C@@H]3CC=C4C[C@@H](O)CC[C@]4(C)[C@H]3CC[C@]12C. The van der Waals surface area contributed by atoms with Crippen LogP contribution in [0.1, 0.15) is 91.9 Å². The smallest absolute Gasteiger partial charge is 0.137 e. The average molecular weight is 415 g/mol. The van der Waals surface area contributed by atoms with Crippen LogP contribution in [0.2, 0.25) is 0 Å². The molecule has 0 saturated heterocycles. The van der Waals surface area contributed by atoms with Crippen molar-refractivity contribution in [1.29, 1.82) is 0 Å². The molecule has 0 bridgehead atoms. The van der Waals surface area contributed by atoms with E-state index in [-0.39, 0.29) is 28.8 Å². The predicted octanol–water partition coefficient (Wildman–Crippen LogP) is 5.75. The van der Waals surface area contributed by atoms with Gasteiger partial charge in [0.1, 0.15) is 12.1 Å². The van der Waals surface area contributed by atoms with Crippen LogP contribution in [0.3, 0.4) is 0 Å². The Morgan fingerprint density at radius 1 is 1.13 bits per heavy atom. The molecule has 4 rings (SSSR count). The summed E-state index contributed by atoms with van der Waals surface area (Å²) >= 11 is 0. The monoisotopic (exact) mass is 414 g/mol.